The molecule has 0 amide bonds. The molecule has 1 aliphatic rings. The predicted octanol–water partition coefficient (Wildman–Crippen LogP) is 4.68. The average molecular weight is 298 g/mol. The van der Waals surface area contributed by atoms with Crippen molar-refractivity contribution in [3.63, 3.8) is 0 Å². The lowest BCUT2D eigenvalue weighted by Gasteiger charge is -2.12. The fourth-order valence-electron chi connectivity index (χ4n) is 2.65. The zero-order valence-electron chi connectivity index (χ0n) is 15.2. The van der Waals surface area contributed by atoms with Crippen molar-refractivity contribution in [3.05, 3.63) is 71.3 Å². The van der Waals surface area contributed by atoms with E-state index >= 15 is 0 Å². The van der Waals surface area contributed by atoms with Crippen molar-refractivity contribution in [1.82, 2.24) is 4.90 Å². The van der Waals surface area contributed by atoms with Gasteiger partial charge in [-0.25, -0.2) is 0 Å². The van der Waals surface area contributed by atoms with Crippen LogP contribution in [0, 0.1) is 0 Å². The maximum atomic E-state index is 7.47. The number of thioether (sulfide) groups is 1. The fourth-order valence-corrected chi connectivity index (χ4v) is 3.72. The van der Waals surface area contributed by atoms with Crippen molar-refractivity contribution in [3.8, 4) is 0 Å². The van der Waals surface area contributed by atoms with E-state index in [2.05, 4.69) is 54.6 Å². The smallest absolute Gasteiger partial charge is 0.0394 e. The minimum absolute atomic E-state index is 0.511. The van der Waals surface area contributed by atoms with Gasteiger partial charge in [0.05, 0.1) is 0 Å². The van der Waals surface area contributed by atoms with E-state index in [-0.39, 0.29) is 0 Å². The highest BCUT2D eigenvalue weighted by molar-refractivity contribution is 7.98. The lowest BCUT2D eigenvalue weighted by atomic mass is 9.93. The fraction of sp³-hybridized carbons (Fsp3) is 0.263. The van der Waals surface area contributed by atoms with Crippen LogP contribution in [0.5, 0.6) is 0 Å². The minimum Gasteiger partial charge on any atom is -0.309 e. The van der Waals surface area contributed by atoms with E-state index in [1.165, 1.54) is 32.1 Å². The summed E-state index contributed by atoms with van der Waals surface area (Å²) < 4.78 is 22.4. The van der Waals surface area contributed by atoms with E-state index in [9.17, 15) is 0 Å². The number of rotatable bonds is 3. The third kappa shape index (κ3) is 3.22. The molecule has 0 aliphatic carbocycles. The van der Waals surface area contributed by atoms with Crippen LogP contribution in [0.15, 0.2) is 59.5 Å². The van der Waals surface area contributed by atoms with Gasteiger partial charge >= 0.3 is 0 Å². The van der Waals surface area contributed by atoms with E-state index < -0.39 is 6.98 Å². The molecule has 2 heteroatoms. The molecule has 0 saturated carbocycles. The number of hydrogen-bond acceptors (Lipinski definition) is 2. The highest BCUT2D eigenvalue weighted by Crippen LogP contribution is 2.39. The van der Waals surface area contributed by atoms with Crippen molar-refractivity contribution in [2.24, 2.45) is 0 Å². The molecule has 2 aromatic rings. The normalized spacial score (nSPS) is 18.4. The highest BCUT2D eigenvalue weighted by Gasteiger charge is 2.17. The van der Waals surface area contributed by atoms with Gasteiger partial charge in [-0.15, -0.1) is 11.8 Å². The maximum absolute atomic E-state index is 7.47. The van der Waals surface area contributed by atoms with E-state index in [1.807, 2.05) is 11.8 Å². The lowest BCUT2D eigenvalue weighted by molar-refractivity contribution is 0.417. The van der Waals surface area contributed by atoms with Gasteiger partial charge in [-0.1, -0.05) is 48.5 Å². The molecule has 0 fully saturated rings. The van der Waals surface area contributed by atoms with Gasteiger partial charge < -0.3 is 4.90 Å². The van der Waals surface area contributed by atoms with E-state index in [1.54, 1.807) is 7.05 Å². The van der Waals surface area contributed by atoms with Gasteiger partial charge in [-0.2, -0.15) is 0 Å². The average Bonchev–Trinajstić information content (AvgIpc) is 2.72. The second-order valence-electron chi connectivity index (χ2n) is 5.27. The van der Waals surface area contributed by atoms with Crippen LogP contribution in [0.2, 0.25) is 0 Å². The molecule has 0 radical (unpaired) electrons. The third-order valence-electron chi connectivity index (χ3n) is 3.68. The molecule has 21 heavy (non-hydrogen) atoms. The first kappa shape index (κ1) is 11.1. The Kier molecular flexibility index (Phi) is 3.44. The molecule has 0 aromatic heterocycles. The number of fused-ring (bicyclic) bond motifs is 2. The molecule has 0 saturated heterocycles. The van der Waals surface area contributed by atoms with Crippen LogP contribution < -0.4 is 0 Å². The molecule has 0 bridgehead atoms. The summed E-state index contributed by atoms with van der Waals surface area (Å²) in [4.78, 5) is 2.71. The van der Waals surface area contributed by atoms with Gasteiger partial charge in [0, 0.05) is 21.3 Å². The van der Waals surface area contributed by atoms with Crippen LogP contribution in [0.25, 0.3) is 5.57 Å². The van der Waals surface area contributed by atoms with Gasteiger partial charge in [-0.05, 0) is 48.8 Å². The Morgan fingerprint density at radius 3 is 2.76 bits per heavy atom. The lowest BCUT2D eigenvalue weighted by Crippen LogP contribution is -2.12. The Morgan fingerprint density at radius 1 is 1.14 bits per heavy atom. The van der Waals surface area contributed by atoms with Gasteiger partial charge in [-0.3, -0.25) is 0 Å². The summed E-state index contributed by atoms with van der Waals surface area (Å²) in [5.41, 5.74) is 5.04. The van der Waals surface area contributed by atoms with Gasteiger partial charge in [0.15, 0.2) is 0 Å². The summed E-state index contributed by atoms with van der Waals surface area (Å²) in [6, 6.07) is 16.9. The zero-order valence-corrected chi connectivity index (χ0v) is 13.0. The molecule has 2 aromatic carbocycles. The molecular weight excluding hydrogens is 274 g/mol. The van der Waals surface area contributed by atoms with Gasteiger partial charge in [0.25, 0.3) is 0 Å². The van der Waals surface area contributed by atoms with Gasteiger partial charge in [0.1, 0.15) is 0 Å². The topological polar surface area (TPSA) is 3.24 Å². The molecule has 0 atom stereocenters. The molecule has 1 heterocycles. The minimum atomic E-state index is -2.03. The van der Waals surface area contributed by atoms with Gasteiger partial charge in [0.2, 0.25) is 0 Å². The summed E-state index contributed by atoms with van der Waals surface area (Å²) in [5, 5.41) is 0. The second-order valence-corrected chi connectivity index (χ2v) is 6.29. The third-order valence-corrected chi connectivity index (χ3v) is 4.80. The summed E-state index contributed by atoms with van der Waals surface area (Å²) in [6.45, 7) is -1.52. The molecule has 1 aliphatic heterocycles. The van der Waals surface area contributed by atoms with E-state index in [0.717, 1.165) is 5.75 Å². The molecule has 0 N–H and O–H groups in total. The summed E-state index contributed by atoms with van der Waals surface area (Å²) in [6.07, 6.45) is 2.89. The number of hydrogen-bond donors (Lipinski definition) is 0. The number of nitrogens with zero attached hydrogens (tertiary/aromatic N) is 1. The Labute approximate surface area is 135 Å². The van der Waals surface area contributed by atoms with Crippen molar-refractivity contribution in [2.45, 2.75) is 17.1 Å². The quantitative estimate of drug-likeness (QED) is 0.809. The number of benzene rings is 2. The van der Waals surface area contributed by atoms with E-state index in [4.69, 9.17) is 4.11 Å². The van der Waals surface area contributed by atoms with Crippen LogP contribution in [0.3, 0.4) is 0 Å². The zero-order chi connectivity index (χ0) is 17.2. The van der Waals surface area contributed by atoms with Crippen LogP contribution in [-0.4, -0.2) is 25.5 Å². The van der Waals surface area contributed by atoms with Crippen LogP contribution in [0.4, 0.5) is 0 Å². The maximum Gasteiger partial charge on any atom is 0.0394 e. The van der Waals surface area contributed by atoms with Crippen LogP contribution in [0.1, 0.15) is 27.2 Å². The van der Waals surface area contributed by atoms with Crippen molar-refractivity contribution >= 4 is 17.3 Å². The highest BCUT2D eigenvalue weighted by atomic mass is 32.2. The van der Waals surface area contributed by atoms with E-state index in [0.29, 0.717) is 13.0 Å². The predicted molar refractivity (Wildman–Crippen MR) is 92.7 cm³/mol. The second kappa shape index (κ2) is 6.50. The molecule has 108 valence electrons. The SMILES string of the molecule is [2H]C([2H])([2H])N(C)CC/C=C1\c2ccccc2CSc2ccccc21. The summed E-state index contributed by atoms with van der Waals surface area (Å²) >= 11 is 1.86. The van der Waals surface area contributed by atoms with Crippen LogP contribution in [-0.2, 0) is 5.75 Å². The van der Waals surface area contributed by atoms with Crippen LogP contribution >= 0.6 is 11.8 Å². The Balaban J connectivity index is 1.95. The first-order valence-electron chi connectivity index (χ1n) is 8.69. The largest absolute Gasteiger partial charge is 0.309 e. The standard InChI is InChI=1S/C19H21NS/c1-20(2)13-7-11-17-16-9-4-3-8-15(16)14-21-19-12-6-5-10-18(17)19/h3-6,8-12H,7,13-14H2,1-2H3/b17-11+/i1D3. The molecule has 0 spiro atoms. The van der Waals surface area contributed by atoms with Crippen molar-refractivity contribution < 1.29 is 4.11 Å². The van der Waals surface area contributed by atoms with Crippen molar-refractivity contribution in [2.75, 3.05) is 20.6 Å². The summed E-state index contributed by atoms with van der Waals surface area (Å²) in [5.74, 6) is 0.958. The molecular formula is C19H21NS. The monoisotopic (exact) mass is 298 g/mol. The Bertz CT molecular complexity index is 703. The van der Waals surface area contributed by atoms with Crippen molar-refractivity contribution in [1.29, 1.82) is 0 Å². The Hall–Kier alpha value is -1.51. The molecule has 1 nitrogen and oxygen atoms in total. The first-order chi connectivity index (χ1) is 11.5. The Morgan fingerprint density at radius 2 is 1.90 bits per heavy atom. The molecule has 3 rings (SSSR count). The molecule has 0 unspecified atom stereocenters. The first-order valence-corrected chi connectivity index (χ1v) is 8.17. The summed E-state index contributed by atoms with van der Waals surface area (Å²) in [7, 11) is 1.65.